The van der Waals surface area contributed by atoms with E-state index in [2.05, 4.69) is 13.0 Å². The highest BCUT2D eigenvalue weighted by atomic mass is 16.5. The number of carbonyl (C=O) groups excluding carboxylic acids is 1. The summed E-state index contributed by atoms with van der Waals surface area (Å²) in [5.74, 6) is 0.415. The van der Waals surface area contributed by atoms with Crippen molar-refractivity contribution in [2.24, 2.45) is 5.92 Å². The van der Waals surface area contributed by atoms with Crippen LogP contribution >= 0.6 is 0 Å². The molecular formula is C11H18O2. The van der Waals surface area contributed by atoms with Crippen LogP contribution < -0.4 is 0 Å². The third-order valence-electron chi connectivity index (χ3n) is 2.38. The topological polar surface area (TPSA) is 26.3 Å². The first-order valence-corrected chi connectivity index (χ1v) is 5.12. The molecule has 1 atom stereocenters. The van der Waals surface area contributed by atoms with Gasteiger partial charge in [-0.15, -0.1) is 0 Å². The average Bonchev–Trinajstić information content (AvgIpc) is 2.30. The van der Waals surface area contributed by atoms with Gasteiger partial charge in [0.2, 0.25) is 0 Å². The predicted octanol–water partition coefficient (Wildman–Crippen LogP) is 2.69. The van der Waals surface area contributed by atoms with Gasteiger partial charge >= 0.3 is 5.97 Å². The molecule has 0 aromatic heterocycles. The summed E-state index contributed by atoms with van der Waals surface area (Å²) >= 11 is 0. The maximum absolute atomic E-state index is 11.4. The van der Waals surface area contributed by atoms with Crippen LogP contribution in [-0.2, 0) is 9.53 Å². The van der Waals surface area contributed by atoms with Gasteiger partial charge in [0.25, 0.3) is 0 Å². The van der Waals surface area contributed by atoms with Gasteiger partial charge in [-0.3, -0.25) is 0 Å². The lowest BCUT2D eigenvalue weighted by molar-refractivity contribution is -0.138. The minimum absolute atomic E-state index is 0.115. The first-order chi connectivity index (χ1) is 6.24. The van der Waals surface area contributed by atoms with E-state index in [9.17, 15) is 4.79 Å². The molecule has 0 saturated heterocycles. The van der Waals surface area contributed by atoms with Gasteiger partial charge in [0.05, 0.1) is 6.61 Å². The fourth-order valence-corrected chi connectivity index (χ4v) is 1.69. The molecular weight excluding hydrogens is 164 g/mol. The lowest BCUT2D eigenvalue weighted by Gasteiger charge is -2.05. The maximum Gasteiger partial charge on any atom is 0.333 e. The molecule has 0 N–H and O–H groups in total. The maximum atomic E-state index is 11.4. The summed E-state index contributed by atoms with van der Waals surface area (Å²) in [5.41, 5.74) is 0.881. The van der Waals surface area contributed by atoms with Crippen molar-refractivity contribution in [2.75, 3.05) is 6.61 Å². The zero-order valence-corrected chi connectivity index (χ0v) is 8.51. The number of ether oxygens (including phenoxy) is 1. The Bertz CT molecular complexity index is 206. The summed E-state index contributed by atoms with van der Waals surface area (Å²) in [4.78, 5) is 11.4. The number of esters is 1. The molecule has 0 bridgehead atoms. The molecule has 1 rings (SSSR count). The van der Waals surface area contributed by atoms with Crippen molar-refractivity contribution in [1.29, 1.82) is 0 Å². The number of carbonyl (C=O) groups is 1. The Kier molecular flexibility index (Phi) is 4.00. The van der Waals surface area contributed by atoms with Crippen LogP contribution in [0.3, 0.4) is 0 Å². The molecule has 0 amide bonds. The number of hydrogen-bond acceptors (Lipinski definition) is 2. The average molecular weight is 182 g/mol. The molecule has 2 nitrogen and oxygen atoms in total. The molecule has 1 aliphatic rings. The van der Waals surface area contributed by atoms with Crippen LogP contribution in [0.5, 0.6) is 0 Å². The summed E-state index contributed by atoms with van der Waals surface area (Å²) in [6, 6.07) is 0. The minimum atomic E-state index is -0.115. The van der Waals surface area contributed by atoms with Gasteiger partial charge in [-0.2, -0.15) is 0 Å². The Labute approximate surface area is 80.0 Å². The highest BCUT2D eigenvalue weighted by molar-refractivity contribution is 5.88. The Balaban J connectivity index is 2.59. The van der Waals surface area contributed by atoms with E-state index in [-0.39, 0.29) is 5.97 Å². The molecule has 0 spiro atoms. The molecule has 0 aromatic rings. The SMILES string of the molecule is CCOC(=O)C1=CC(C)CCCC1. The van der Waals surface area contributed by atoms with Crippen molar-refractivity contribution in [2.45, 2.75) is 39.5 Å². The number of rotatable bonds is 2. The third-order valence-corrected chi connectivity index (χ3v) is 2.38. The second-order valence-corrected chi connectivity index (χ2v) is 3.64. The normalized spacial score (nSPS) is 23.2. The van der Waals surface area contributed by atoms with Crippen molar-refractivity contribution in [3.63, 3.8) is 0 Å². The van der Waals surface area contributed by atoms with Crippen LogP contribution in [0.15, 0.2) is 11.6 Å². The van der Waals surface area contributed by atoms with Gasteiger partial charge in [0.15, 0.2) is 0 Å². The van der Waals surface area contributed by atoms with Crippen molar-refractivity contribution >= 4 is 5.97 Å². The summed E-state index contributed by atoms with van der Waals surface area (Å²) in [5, 5.41) is 0. The monoisotopic (exact) mass is 182 g/mol. The first kappa shape index (κ1) is 10.3. The summed E-state index contributed by atoms with van der Waals surface area (Å²) in [6.07, 6.45) is 6.51. The number of hydrogen-bond donors (Lipinski definition) is 0. The van der Waals surface area contributed by atoms with E-state index < -0.39 is 0 Å². The standard InChI is InChI=1S/C11H18O2/c1-3-13-11(12)10-7-5-4-6-9(2)8-10/h8-9H,3-7H2,1-2H3. The second-order valence-electron chi connectivity index (χ2n) is 3.64. The minimum Gasteiger partial charge on any atom is -0.463 e. The zero-order valence-electron chi connectivity index (χ0n) is 8.51. The Morgan fingerprint density at radius 1 is 1.62 bits per heavy atom. The van der Waals surface area contributed by atoms with Crippen LogP contribution in [0.2, 0.25) is 0 Å². The first-order valence-electron chi connectivity index (χ1n) is 5.12. The van der Waals surface area contributed by atoms with E-state index in [1.165, 1.54) is 12.8 Å². The van der Waals surface area contributed by atoms with E-state index in [1.54, 1.807) is 0 Å². The molecule has 1 aliphatic carbocycles. The molecule has 0 heterocycles. The fourth-order valence-electron chi connectivity index (χ4n) is 1.69. The molecule has 0 saturated carbocycles. The van der Waals surface area contributed by atoms with Crippen molar-refractivity contribution < 1.29 is 9.53 Å². The predicted molar refractivity (Wildman–Crippen MR) is 52.3 cm³/mol. The summed E-state index contributed by atoms with van der Waals surface area (Å²) in [6.45, 7) is 4.48. The smallest absolute Gasteiger partial charge is 0.333 e. The van der Waals surface area contributed by atoms with E-state index >= 15 is 0 Å². The lowest BCUT2D eigenvalue weighted by Crippen LogP contribution is -2.07. The van der Waals surface area contributed by atoms with E-state index in [4.69, 9.17) is 4.74 Å². The van der Waals surface area contributed by atoms with Crippen LogP contribution in [0.1, 0.15) is 39.5 Å². The molecule has 1 unspecified atom stereocenters. The van der Waals surface area contributed by atoms with Crippen LogP contribution in [0.4, 0.5) is 0 Å². The van der Waals surface area contributed by atoms with Gasteiger partial charge in [0, 0.05) is 5.57 Å². The molecule has 0 fully saturated rings. The Hall–Kier alpha value is -0.790. The molecule has 0 radical (unpaired) electrons. The van der Waals surface area contributed by atoms with Gasteiger partial charge in [0.1, 0.15) is 0 Å². The summed E-state index contributed by atoms with van der Waals surface area (Å²) in [7, 11) is 0. The van der Waals surface area contributed by atoms with Crippen molar-refractivity contribution in [3.8, 4) is 0 Å². The van der Waals surface area contributed by atoms with Gasteiger partial charge in [-0.05, 0) is 32.1 Å². The highest BCUT2D eigenvalue weighted by Crippen LogP contribution is 2.22. The van der Waals surface area contributed by atoms with Crippen LogP contribution in [-0.4, -0.2) is 12.6 Å². The van der Waals surface area contributed by atoms with Gasteiger partial charge < -0.3 is 4.74 Å². The quantitative estimate of drug-likeness (QED) is 0.614. The van der Waals surface area contributed by atoms with E-state index in [0.717, 1.165) is 18.4 Å². The van der Waals surface area contributed by atoms with Crippen LogP contribution in [0.25, 0.3) is 0 Å². The Morgan fingerprint density at radius 2 is 2.38 bits per heavy atom. The largest absolute Gasteiger partial charge is 0.463 e. The van der Waals surface area contributed by atoms with E-state index in [1.807, 2.05) is 6.92 Å². The van der Waals surface area contributed by atoms with Gasteiger partial charge in [-0.1, -0.05) is 19.4 Å². The molecule has 74 valence electrons. The lowest BCUT2D eigenvalue weighted by atomic mass is 10.1. The molecule has 13 heavy (non-hydrogen) atoms. The highest BCUT2D eigenvalue weighted by Gasteiger charge is 2.14. The van der Waals surface area contributed by atoms with Crippen molar-refractivity contribution in [1.82, 2.24) is 0 Å². The molecule has 0 aliphatic heterocycles. The zero-order chi connectivity index (χ0) is 9.68. The van der Waals surface area contributed by atoms with Crippen LogP contribution in [0, 0.1) is 5.92 Å². The molecule has 2 heteroatoms. The Morgan fingerprint density at radius 3 is 3.08 bits per heavy atom. The van der Waals surface area contributed by atoms with E-state index in [0.29, 0.717) is 12.5 Å². The summed E-state index contributed by atoms with van der Waals surface area (Å²) < 4.78 is 4.98. The third kappa shape index (κ3) is 3.21. The van der Waals surface area contributed by atoms with Crippen molar-refractivity contribution in [3.05, 3.63) is 11.6 Å². The fraction of sp³-hybridized carbons (Fsp3) is 0.727. The second kappa shape index (κ2) is 5.05. The number of allylic oxidation sites excluding steroid dienone is 1. The molecule has 0 aromatic carbocycles. The van der Waals surface area contributed by atoms with Gasteiger partial charge in [-0.25, -0.2) is 4.79 Å².